The highest BCUT2D eigenvalue weighted by molar-refractivity contribution is 5.98. The third kappa shape index (κ3) is 1.05. The molecule has 0 saturated carbocycles. The zero-order valence-electron chi connectivity index (χ0n) is 6.84. The lowest BCUT2D eigenvalue weighted by atomic mass is 10.1. The Balaban J connectivity index is 3.45. The number of nitrogen functional groups attached to an aromatic ring is 1. The first-order valence-corrected chi connectivity index (χ1v) is 3.37. The summed E-state index contributed by atoms with van der Waals surface area (Å²) in [5, 5.41) is 8.62. The lowest BCUT2D eigenvalue weighted by Crippen LogP contribution is -1.96. The molecular formula is C8H8N2O2. The van der Waals surface area contributed by atoms with E-state index in [4.69, 9.17) is 15.4 Å². The van der Waals surface area contributed by atoms with Crippen LogP contribution in [0, 0.1) is 18.3 Å². The molecule has 4 nitrogen and oxygen atoms in total. The molecule has 0 aromatic carbocycles. The first kappa shape index (κ1) is 8.34. The minimum atomic E-state index is -0.204. The van der Waals surface area contributed by atoms with Gasteiger partial charge in [0.15, 0.2) is 5.78 Å². The van der Waals surface area contributed by atoms with E-state index >= 15 is 0 Å². The van der Waals surface area contributed by atoms with Crippen molar-refractivity contribution in [3.63, 3.8) is 0 Å². The number of carbonyl (C=O) groups excluding carboxylic acids is 1. The van der Waals surface area contributed by atoms with Crippen LogP contribution >= 0.6 is 0 Å². The van der Waals surface area contributed by atoms with Crippen LogP contribution < -0.4 is 5.73 Å². The van der Waals surface area contributed by atoms with Gasteiger partial charge >= 0.3 is 0 Å². The van der Waals surface area contributed by atoms with Crippen LogP contribution in [0.3, 0.4) is 0 Å². The highest BCUT2D eigenvalue weighted by atomic mass is 16.4. The molecule has 0 fully saturated rings. The normalized spacial score (nSPS) is 9.42. The van der Waals surface area contributed by atoms with Crippen molar-refractivity contribution in [2.24, 2.45) is 0 Å². The summed E-state index contributed by atoms with van der Waals surface area (Å²) in [5.74, 6) is 0.209. The number of furan rings is 1. The summed E-state index contributed by atoms with van der Waals surface area (Å²) in [6.07, 6.45) is 0. The number of nitrogens with two attached hydrogens (primary N) is 1. The highest BCUT2D eigenvalue weighted by Gasteiger charge is 2.18. The van der Waals surface area contributed by atoms with Crippen molar-refractivity contribution in [1.29, 1.82) is 5.26 Å². The van der Waals surface area contributed by atoms with Gasteiger partial charge in [-0.15, -0.1) is 0 Å². The molecule has 4 heteroatoms. The Bertz CT molecular complexity index is 371. The Morgan fingerprint density at radius 2 is 2.25 bits per heavy atom. The first-order valence-electron chi connectivity index (χ1n) is 3.37. The van der Waals surface area contributed by atoms with Crippen molar-refractivity contribution in [3.05, 3.63) is 16.9 Å². The molecule has 0 spiro atoms. The highest BCUT2D eigenvalue weighted by Crippen LogP contribution is 2.23. The van der Waals surface area contributed by atoms with Crippen molar-refractivity contribution in [2.45, 2.75) is 13.8 Å². The van der Waals surface area contributed by atoms with Crippen LogP contribution in [0.5, 0.6) is 0 Å². The van der Waals surface area contributed by atoms with Crippen LogP contribution in [0.15, 0.2) is 4.42 Å². The molecule has 1 aromatic rings. The fourth-order valence-corrected chi connectivity index (χ4v) is 1.10. The molecule has 0 unspecified atom stereocenters. The minimum absolute atomic E-state index is 0.0141. The molecule has 0 radical (unpaired) electrons. The number of carbonyl (C=O) groups is 1. The van der Waals surface area contributed by atoms with Gasteiger partial charge in [0.25, 0.3) is 0 Å². The number of nitriles is 1. The molecule has 0 bridgehead atoms. The maximum Gasteiger partial charge on any atom is 0.209 e. The molecule has 1 rings (SSSR count). The second-order valence-corrected chi connectivity index (χ2v) is 2.44. The molecular weight excluding hydrogens is 156 g/mol. The smallest absolute Gasteiger partial charge is 0.209 e. The fourth-order valence-electron chi connectivity index (χ4n) is 1.10. The summed E-state index contributed by atoms with van der Waals surface area (Å²) >= 11 is 0. The maximum absolute atomic E-state index is 11.0. The molecule has 1 heterocycles. The van der Waals surface area contributed by atoms with E-state index in [0.29, 0.717) is 5.76 Å². The Morgan fingerprint density at radius 3 is 2.58 bits per heavy atom. The average Bonchev–Trinajstić information content (AvgIpc) is 2.24. The van der Waals surface area contributed by atoms with Crippen LogP contribution in [-0.4, -0.2) is 5.78 Å². The van der Waals surface area contributed by atoms with Crippen molar-refractivity contribution in [1.82, 2.24) is 0 Å². The summed E-state index contributed by atoms with van der Waals surface area (Å²) in [6, 6.07) is 1.83. The quantitative estimate of drug-likeness (QED) is 0.633. The van der Waals surface area contributed by atoms with Crippen molar-refractivity contribution in [3.8, 4) is 6.07 Å². The van der Waals surface area contributed by atoms with Gasteiger partial charge in [-0.25, -0.2) is 0 Å². The second-order valence-electron chi connectivity index (χ2n) is 2.44. The largest absolute Gasteiger partial charge is 0.444 e. The van der Waals surface area contributed by atoms with Crippen LogP contribution in [0.2, 0.25) is 0 Å². The SMILES string of the molecule is CC(=O)c1c(C)oc(N)c1C#N. The lowest BCUT2D eigenvalue weighted by Gasteiger charge is -1.89. The van der Waals surface area contributed by atoms with E-state index in [1.165, 1.54) is 6.92 Å². The third-order valence-electron chi connectivity index (χ3n) is 1.58. The number of Topliss-reactive ketones (excluding diaryl/α,β-unsaturated/α-hetero) is 1. The van der Waals surface area contributed by atoms with Gasteiger partial charge in [-0.05, 0) is 13.8 Å². The second kappa shape index (κ2) is 2.70. The Labute approximate surface area is 69.6 Å². The van der Waals surface area contributed by atoms with Gasteiger partial charge < -0.3 is 10.2 Å². The van der Waals surface area contributed by atoms with Crippen molar-refractivity contribution >= 4 is 11.7 Å². The molecule has 0 amide bonds. The molecule has 2 N–H and O–H groups in total. The van der Waals surface area contributed by atoms with Gasteiger partial charge in [0, 0.05) is 0 Å². The topological polar surface area (TPSA) is 80.0 Å². The monoisotopic (exact) mass is 164 g/mol. The van der Waals surface area contributed by atoms with E-state index in [0.717, 1.165) is 0 Å². The van der Waals surface area contributed by atoms with E-state index in [1.54, 1.807) is 6.92 Å². The number of rotatable bonds is 1. The average molecular weight is 164 g/mol. The zero-order valence-corrected chi connectivity index (χ0v) is 6.84. The van der Waals surface area contributed by atoms with E-state index in [9.17, 15) is 4.79 Å². The van der Waals surface area contributed by atoms with Gasteiger partial charge in [0.2, 0.25) is 5.88 Å². The predicted molar refractivity (Wildman–Crippen MR) is 42.6 cm³/mol. The molecule has 62 valence electrons. The summed E-state index contributed by atoms with van der Waals surface area (Å²) in [5.41, 5.74) is 5.78. The third-order valence-corrected chi connectivity index (χ3v) is 1.58. The fraction of sp³-hybridized carbons (Fsp3) is 0.250. The van der Waals surface area contributed by atoms with Gasteiger partial charge in [0.1, 0.15) is 17.4 Å². The predicted octanol–water partition coefficient (Wildman–Crippen LogP) is 1.24. The number of aryl methyl sites for hydroxylation is 1. The van der Waals surface area contributed by atoms with E-state index in [-0.39, 0.29) is 22.8 Å². The zero-order chi connectivity index (χ0) is 9.30. The summed E-state index contributed by atoms with van der Waals surface area (Å²) in [7, 11) is 0. The Hall–Kier alpha value is -1.76. The standard InChI is InChI=1S/C8H8N2O2/c1-4(11)7-5(2)12-8(10)6(7)3-9/h10H2,1-2H3. The number of hydrogen-bond donors (Lipinski definition) is 1. The van der Waals surface area contributed by atoms with Crippen LogP contribution in [-0.2, 0) is 0 Å². The molecule has 0 aliphatic rings. The first-order chi connectivity index (χ1) is 5.57. The summed E-state index contributed by atoms with van der Waals surface area (Å²) in [4.78, 5) is 11.0. The molecule has 0 aliphatic carbocycles. The molecule has 0 saturated heterocycles. The van der Waals surface area contributed by atoms with E-state index < -0.39 is 0 Å². The molecule has 12 heavy (non-hydrogen) atoms. The van der Waals surface area contributed by atoms with Crippen LogP contribution in [0.1, 0.15) is 28.6 Å². The van der Waals surface area contributed by atoms with Gasteiger partial charge in [-0.2, -0.15) is 5.26 Å². The Morgan fingerprint density at radius 1 is 1.67 bits per heavy atom. The van der Waals surface area contributed by atoms with Crippen LogP contribution in [0.25, 0.3) is 0 Å². The lowest BCUT2D eigenvalue weighted by molar-refractivity contribution is 0.101. The van der Waals surface area contributed by atoms with E-state index in [1.807, 2.05) is 6.07 Å². The number of anilines is 1. The maximum atomic E-state index is 11.0. The van der Waals surface area contributed by atoms with E-state index in [2.05, 4.69) is 0 Å². The number of ketones is 1. The number of nitrogens with zero attached hydrogens (tertiary/aromatic N) is 1. The summed E-state index contributed by atoms with van der Waals surface area (Å²) in [6.45, 7) is 2.98. The summed E-state index contributed by atoms with van der Waals surface area (Å²) < 4.78 is 4.93. The van der Waals surface area contributed by atoms with Crippen molar-refractivity contribution in [2.75, 3.05) is 5.73 Å². The molecule has 0 atom stereocenters. The van der Waals surface area contributed by atoms with Crippen molar-refractivity contribution < 1.29 is 9.21 Å². The van der Waals surface area contributed by atoms with Gasteiger partial charge in [-0.1, -0.05) is 0 Å². The van der Waals surface area contributed by atoms with Crippen LogP contribution in [0.4, 0.5) is 5.88 Å². The molecule has 0 aliphatic heterocycles. The van der Waals surface area contributed by atoms with Gasteiger partial charge in [0.05, 0.1) is 5.56 Å². The molecule has 1 aromatic heterocycles. The van der Waals surface area contributed by atoms with Gasteiger partial charge in [-0.3, -0.25) is 4.79 Å². The Kier molecular flexibility index (Phi) is 1.88. The minimum Gasteiger partial charge on any atom is -0.444 e. The number of hydrogen-bond acceptors (Lipinski definition) is 4.